The van der Waals surface area contributed by atoms with Gasteiger partial charge in [-0.05, 0) is 81.0 Å². The smallest absolute Gasteiger partial charge is 0.409 e. The Labute approximate surface area is 202 Å². The monoisotopic (exact) mass is 460 g/mol. The Hall–Kier alpha value is -2.60. The molecule has 1 N–H and O–H groups in total. The van der Waals surface area contributed by atoms with Gasteiger partial charge in [-0.25, -0.2) is 9.78 Å². The zero-order chi connectivity index (χ0) is 23.3. The number of nitrogens with zero attached hydrogens (tertiary/aromatic N) is 3. The molecular formula is C28H36N4O2. The van der Waals surface area contributed by atoms with Gasteiger partial charge in [0.05, 0.1) is 12.1 Å². The first-order valence-electron chi connectivity index (χ1n) is 13.0. The standard InChI is InChI=1S/C28H36N4O2/c1-3-34-27(33)32-12-10-31(11-13-32)26-22(15-20-14-19(2)4-7-25(20)30-26)18-29-17-21-16-23-5-6-24(21)28(23)8-9-28/h4-7,14-15,21,23-24,29H,3,8-13,16-18H2,1-2H3/t21-,23+,24-/m0/s1. The van der Waals surface area contributed by atoms with Crippen LogP contribution < -0.4 is 10.2 Å². The Balaban J connectivity index is 1.18. The molecule has 0 unspecified atom stereocenters. The number of rotatable bonds is 6. The van der Waals surface area contributed by atoms with Crippen molar-refractivity contribution >= 4 is 22.8 Å². The average molecular weight is 461 g/mol. The Morgan fingerprint density at radius 1 is 1.18 bits per heavy atom. The van der Waals surface area contributed by atoms with Crippen LogP contribution in [0.2, 0.25) is 0 Å². The van der Waals surface area contributed by atoms with Crippen LogP contribution in [0.5, 0.6) is 0 Å². The van der Waals surface area contributed by atoms with E-state index in [1.807, 2.05) is 6.92 Å². The second kappa shape index (κ2) is 8.56. The average Bonchev–Trinajstić information content (AvgIpc) is 3.51. The summed E-state index contributed by atoms with van der Waals surface area (Å²) in [5, 5.41) is 5.01. The molecule has 1 spiro atoms. The molecule has 0 radical (unpaired) electrons. The molecule has 6 nitrogen and oxygen atoms in total. The summed E-state index contributed by atoms with van der Waals surface area (Å²) in [6, 6.07) is 8.80. The highest BCUT2D eigenvalue weighted by molar-refractivity contribution is 5.82. The van der Waals surface area contributed by atoms with Gasteiger partial charge < -0.3 is 19.9 Å². The number of nitrogens with one attached hydrogen (secondary N) is 1. The maximum atomic E-state index is 12.1. The minimum Gasteiger partial charge on any atom is -0.450 e. The number of pyridine rings is 1. The van der Waals surface area contributed by atoms with E-state index in [4.69, 9.17) is 9.72 Å². The third-order valence-corrected chi connectivity index (χ3v) is 8.70. The topological polar surface area (TPSA) is 57.7 Å². The number of allylic oxidation sites excluding steroid dienone is 2. The number of ether oxygens (including phenoxy) is 1. The van der Waals surface area contributed by atoms with Gasteiger partial charge in [-0.3, -0.25) is 0 Å². The van der Waals surface area contributed by atoms with Crippen molar-refractivity contribution in [3.05, 3.63) is 47.5 Å². The van der Waals surface area contributed by atoms with Crippen LogP contribution in [-0.4, -0.2) is 55.3 Å². The fourth-order valence-electron chi connectivity index (χ4n) is 6.80. The summed E-state index contributed by atoms with van der Waals surface area (Å²) in [6.07, 6.45) is 9.02. The lowest BCUT2D eigenvalue weighted by Crippen LogP contribution is -2.49. The molecule has 180 valence electrons. The molecular weight excluding hydrogens is 424 g/mol. The molecule has 1 saturated heterocycles. The van der Waals surface area contributed by atoms with E-state index in [0.29, 0.717) is 25.1 Å². The van der Waals surface area contributed by atoms with Crippen molar-refractivity contribution in [3.8, 4) is 0 Å². The lowest BCUT2D eigenvalue weighted by atomic mass is 9.89. The predicted molar refractivity (Wildman–Crippen MR) is 135 cm³/mol. The molecule has 2 saturated carbocycles. The number of benzene rings is 1. The summed E-state index contributed by atoms with van der Waals surface area (Å²) in [4.78, 5) is 21.4. The lowest BCUT2D eigenvalue weighted by Gasteiger charge is -2.35. The van der Waals surface area contributed by atoms with Crippen LogP contribution in [0.4, 0.5) is 10.6 Å². The quantitative estimate of drug-likeness (QED) is 0.643. The Morgan fingerprint density at radius 2 is 2.00 bits per heavy atom. The van der Waals surface area contributed by atoms with Crippen molar-refractivity contribution in [3.63, 3.8) is 0 Å². The molecule has 6 rings (SSSR count). The molecule has 1 aromatic carbocycles. The van der Waals surface area contributed by atoms with Crippen LogP contribution in [0.25, 0.3) is 10.9 Å². The third-order valence-electron chi connectivity index (χ3n) is 8.70. The van der Waals surface area contributed by atoms with E-state index < -0.39 is 0 Å². The fraction of sp³-hybridized carbons (Fsp3) is 0.571. The molecule has 2 aromatic rings. The Bertz CT molecular complexity index is 1120. The van der Waals surface area contributed by atoms with Crippen LogP contribution in [0.1, 0.15) is 37.3 Å². The number of piperazine rings is 1. The molecule has 6 heteroatoms. The molecule has 3 fully saturated rings. The first kappa shape index (κ1) is 21.9. The molecule has 4 aliphatic rings. The first-order chi connectivity index (χ1) is 16.6. The Morgan fingerprint density at radius 3 is 2.74 bits per heavy atom. The van der Waals surface area contributed by atoms with Crippen LogP contribution in [-0.2, 0) is 11.3 Å². The molecule has 1 amide bonds. The largest absolute Gasteiger partial charge is 0.450 e. The maximum absolute atomic E-state index is 12.1. The molecule has 1 aromatic heterocycles. The predicted octanol–water partition coefficient (Wildman–Crippen LogP) is 4.51. The van der Waals surface area contributed by atoms with Crippen LogP contribution in [0.3, 0.4) is 0 Å². The van der Waals surface area contributed by atoms with Gasteiger partial charge in [0.2, 0.25) is 0 Å². The van der Waals surface area contributed by atoms with E-state index >= 15 is 0 Å². The number of anilines is 1. The number of aromatic nitrogens is 1. The fourth-order valence-corrected chi connectivity index (χ4v) is 6.80. The summed E-state index contributed by atoms with van der Waals surface area (Å²) >= 11 is 0. The van der Waals surface area contributed by atoms with E-state index in [1.165, 1.54) is 35.8 Å². The molecule has 34 heavy (non-hydrogen) atoms. The van der Waals surface area contributed by atoms with Crippen molar-refractivity contribution in [2.24, 2.45) is 23.2 Å². The number of carbonyl (C=O) groups excluding carboxylic acids is 1. The Kier molecular flexibility index (Phi) is 5.51. The third kappa shape index (κ3) is 3.76. The summed E-state index contributed by atoms with van der Waals surface area (Å²) < 4.78 is 5.19. The van der Waals surface area contributed by atoms with Gasteiger partial charge in [-0.15, -0.1) is 0 Å². The number of carbonyl (C=O) groups is 1. The minimum absolute atomic E-state index is 0.209. The second-order valence-corrected chi connectivity index (χ2v) is 10.7. The van der Waals surface area contributed by atoms with Crippen LogP contribution >= 0.6 is 0 Å². The van der Waals surface area contributed by atoms with E-state index in [9.17, 15) is 4.79 Å². The van der Waals surface area contributed by atoms with Gasteiger partial charge in [0, 0.05) is 43.7 Å². The van der Waals surface area contributed by atoms with Crippen LogP contribution in [0, 0.1) is 30.1 Å². The van der Waals surface area contributed by atoms with Crippen molar-refractivity contribution in [2.75, 3.05) is 44.2 Å². The minimum atomic E-state index is -0.209. The van der Waals surface area contributed by atoms with E-state index in [-0.39, 0.29) is 6.09 Å². The van der Waals surface area contributed by atoms with Crippen molar-refractivity contribution in [1.29, 1.82) is 0 Å². The number of aryl methyl sites for hydroxylation is 1. The van der Waals surface area contributed by atoms with Gasteiger partial charge in [0.25, 0.3) is 0 Å². The highest BCUT2D eigenvalue weighted by Crippen LogP contribution is 2.69. The van der Waals surface area contributed by atoms with Crippen LogP contribution in [0.15, 0.2) is 36.4 Å². The van der Waals surface area contributed by atoms with E-state index in [2.05, 4.69) is 53.6 Å². The summed E-state index contributed by atoms with van der Waals surface area (Å²) in [5.74, 6) is 3.45. The molecule has 2 heterocycles. The molecule has 3 atom stereocenters. The zero-order valence-corrected chi connectivity index (χ0v) is 20.4. The SMILES string of the molecule is CCOC(=O)N1CCN(c2nc3ccc(C)cc3cc2CNC[C@@H]2C[C@H]3C=C[C@@H]2C32CC2)CC1. The highest BCUT2D eigenvalue weighted by Gasteiger charge is 2.62. The summed E-state index contributed by atoms with van der Waals surface area (Å²) in [5.41, 5.74) is 4.19. The number of hydrogen-bond donors (Lipinski definition) is 1. The van der Waals surface area contributed by atoms with Gasteiger partial charge in [-0.2, -0.15) is 0 Å². The zero-order valence-electron chi connectivity index (χ0n) is 20.4. The number of fused-ring (bicyclic) bond motifs is 1. The normalized spacial score (nSPS) is 26.6. The highest BCUT2D eigenvalue weighted by atomic mass is 16.6. The van der Waals surface area contributed by atoms with E-state index in [0.717, 1.165) is 55.3 Å². The van der Waals surface area contributed by atoms with Gasteiger partial charge >= 0.3 is 6.09 Å². The van der Waals surface area contributed by atoms with Gasteiger partial charge in [0.1, 0.15) is 5.82 Å². The number of amides is 1. The van der Waals surface area contributed by atoms with E-state index in [1.54, 1.807) is 4.90 Å². The van der Waals surface area contributed by atoms with Gasteiger partial charge in [-0.1, -0.05) is 23.8 Å². The van der Waals surface area contributed by atoms with Crippen molar-refractivity contribution in [2.45, 2.75) is 39.7 Å². The molecule has 3 aliphatic carbocycles. The molecule has 1 aliphatic heterocycles. The number of hydrogen-bond acceptors (Lipinski definition) is 5. The molecule has 2 bridgehead atoms. The summed E-state index contributed by atoms with van der Waals surface area (Å²) in [7, 11) is 0. The van der Waals surface area contributed by atoms with Gasteiger partial charge in [0.15, 0.2) is 0 Å². The maximum Gasteiger partial charge on any atom is 0.409 e. The first-order valence-corrected chi connectivity index (χ1v) is 13.0. The lowest BCUT2D eigenvalue weighted by molar-refractivity contribution is 0.105. The van der Waals surface area contributed by atoms with Crippen molar-refractivity contribution in [1.82, 2.24) is 15.2 Å². The second-order valence-electron chi connectivity index (χ2n) is 10.7. The van der Waals surface area contributed by atoms with Crippen molar-refractivity contribution < 1.29 is 9.53 Å². The summed E-state index contributed by atoms with van der Waals surface area (Å²) in [6.45, 7) is 9.19.